The minimum atomic E-state index is -1.27. The summed E-state index contributed by atoms with van der Waals surface area (Å²) in [4.78, 5) is 22.8. The molecule has 0 saturated carbocycles. The molecule has 0 aromatic heterocycles. The molecule has 0 amide bonds. The van der Waals surface area contributed by atoms with Crippen molar-refractivity contribution in [2.24, 2.45) is 0 Å². The molecule has 1 atom stereocenters. The molecule has 4 nitrogen and oxygen atoms in total. The molecule has 1 aromatic carbocycles. The minimum Gasteiger partial charge on any atom is -0.469 e. The molecule has 0 aliphatic rings. The van der Waals surface area contributed by atoms with Crippen LogP contribution in [0.15, 0.2) is 24.3 Å². The number of Topliss-reactive ketones (excluding diaryl/α,β-unsaturated/α-hetero) is 1. The largest absolute Gasteiger partial charge is 0.469 e. The van der Waals surface area contributed by atoms with Gasteiger partial charge in [-0.25, -0.2) is 4.79 Å². The van der Waals surface area contributed by atoms with Crippen LogP contribution in [0, 0.1) is 0 Å². The average molecular weight is 257 g/mol. The zero-order valence-electron chi connectivity index (χ0n) is 9.60. The summed E-state index contributed by atoms with van der Waals surface area (Å²) in [5.74, 6) is -0.856. The summed E-state index contributed by atoms with van der Waals surface area (Å²) in [6, 6.07) is 6.61. The number of rotatable bonds is 5. The molecular weight excluding hydrogens is 244 g/mol. The van der Waals surface area contributed by atoms with Gasteiger partial charge in [-0.2, -0.15) is 0 Å². The number of para-hydroxylation sites is 1. The van der Waals surface area contributed by atoms with Gasteiger partial charge in [0, 0.05) is 0 Å². The lowest BCUT2D eigenvalue weighted by atomic mass is 10.2. The van der Waals surface area contributed by atoms with E-state index in [0.29, 0.717) is 5.02 Å². The lowest BCUT2D eigenvalue weighted by Crippen LogP contribution is -2.35. The Balaban J connectivity index is 2.84. The van der Waals surface area contributed by atoms with Crippen LogP contribution >= 0.6 is 11.6 Å². The van der Waals surface area contributed by atoms with Gasteiger partial charge in [0.15, 0.2) is 5.78 Å². The zero-order chi connectivity index (χ0) is 12.8. The lowest BCUT2D eigenvalue weighted by Gasteiger charge is -2.15. The van der Waals surface area contributed by atoms with E-state index in [0.717, 1.165) is 0 Å². The van der Waals surface area contributed by atoms with Crippen LogP contribution < -0.4 is 4.74 Å². The minimum absolute atomic E-state index is 0.189. The predicted molar refractivity (Wildman–Crippen MR) is 63.2 cm³/mol. The van der Waals surface area contributed by atoms with E-state index in [9.17, 15) is 9.59 Å². The third-order valence-electron chi connectivity index (χ3n) is 1.95. The van der Waals surface area contributed by atoms with Gasteiger partial charge in [-0.1, -0.05) is 23.7 Å². The topological polar surface area (TPSA) is 52.6 Å². The summed E-state index contributed by atoms with van der Waals surface area (Å²) in [5, 5.41) is 0.336. The molecule has 0 radical (unpaired) electrons. The molecule has 0 spiro atoms. The third kappa shape index (κ3) is 3.75. The summed E-state index contributed by atoms with van der Waals surface area (Å²) in [6.07, 6.45) is -1.27. The Hall–Kier alpha value is -1.55. The molecule has 17 heavy (non-hydrogen) atoms. The van der Waals surface area contributed by atoms with Crippen LogP contribution in [-0.2, 0) is 14.3 Å². The highest BCUT2D eigenvalue weighted by atomic mass is 35.5. The highest BCUT2D eigenvalue weighted by molar-refractivity contribution is 6.32. The Labute approximate surface area is 104 Å². The van der Waals surface area contributed by atoms with E-state index >= 15 is 0 Å². The van der Waals surface area contributed by atoms with Gasteiger partial charge in [0.2, 0.25) is 0 Å². The van der Waals surface area contributed by atoms with Gasteiger partial charge in [0.05, 0.1) is 11.6 Å². The Morgan fingerprint density at radius 3 is 2.53 bits per heavy atom. The highest BCUT2D eigenvalue weighted by Crippen LogP contribution is 2.24. The van der Waals surface area contributed by atoms with Crippen LogP contribution in [-0.4, -0.2) is 24.5 Å². The van der Waals surface area contributed by atoms with E-state index in [1.165, 1.54) is 6.92 Å². The number of carbonyl (C=O) groups is 2. The molecule has 0 aliphatic carbocycles. The quantitative estimate of drug-likeness (QED) is 0.599. The molecule has 0 saturated heterocycles. The number of carbonyl (C=O) groups excluding carboxylic acids is 2. The SMILES string of the molecule is CCOC(=O)C(Oc1ccccc1Cl)C(C)=O. The van der Waals surface area contributed by atoms with Crippen LogP contribution in [0.5, 0.6) is 5.75 Å². The monoisotopic (exact) mass is 256 g/mol. The number of ether oxygens (including phenoxy) is 2. The standard InChI is InChI=1S/C12H13ClO4/c1-3-16-12(15)11(8(2)14)17-10-7-5-4-6-9(10)13/h4-7,11H,3H2,1-2H3. The second-order valence-electron chi connectivity index (χ2n) is 3.29. The number of halogens is 1. The van der Waals surface area contributed by atoms with Crippen LogP contribution in [0.2, 0.25) is 5.02 Å². The van der Waals surface area contributed by atoms with Gasteiger partial charge in [0.1, 0.15) is 5.75 Å². The number of esters is 1. The van der Waals surface area contributed by atoms with Crippen molar-refractivity contribution >= 4 is 23.4 Å². The van der Waals surface area contributed by atoms with Gasteiger partial charge in [-0.15, -0.1) is 0 Å². The smallest absolute Gasteiger partial charge is 0.355 e. The van der Waals surface area contributed by atoms with Crippen molar-refractivity contribution in [1.82, 2.24) is 0 Å². The fourth-order valence-electron chi connectivity index (χ4n) is 1.18. The average Bonchev–Trinajstić information content (AvgIpc) is 2.27. The molecule has 1 unspecified atom stereocenters. The fraction of sp³-hybridized carbons (Fsp3) is 0.333. The van der Waals surface area contributed by atoms with Gasteiger partial charge in [0.25, 0.3) is 6.10 Å². The molecule has 0 bridgehead atoms. The molecule has 1 aromatic rings. The van der Waals surface area contributed by atoms with Crippen LogP contribution in [0.3, 0.4) is 0 Å². The van der Waals surface area contributed by atoms with Crippen molar-refractivity contribution in [3.8, 4) is 5.75 Å². The molecular formula is C12H13ClO4. The molecule has 0 heterocycles. The molecule has 0 N–H and O–H groups in total. The van der Waals surface area contributed by atoms with E-state index < -0.39 is 17.9 Å². The molecule has 92 valence electrons. The van der Waals surface area contributed by atoms with Crippen molar-refractivity contribution in [1.29, 1.82) is 0 Å². The predicted octanol–water partition coefficient (Wildman–Crippen LogP) is 2.24. The van der Waals surface area contributed by atoms with E-state index in [2.05, 4.69) is 0 Å². The first kappa shape index (κ1) is 13.5. The van der Waals surface area contributed by atoms with Crippen LogP contribution in [0.4, 0.5) is 0 Å². The molecule has 0 aliphatic heterocycles. The number of benzene rings is 1. The number of hydrogen-bond acceptors (Lipinski definition) is 4. The maximum atomic E-state index is 11.5. The maximum absolute atomic E-state index is 11.5. The normalized spacial score (nSPS) is 11.7. The molecule has 1 rings (SSSR count). The van der Waals surface area contributed by atoms with Crippen LogP contribution in [0.25, 0.3) is 0 Å². The maximum Gasteiger partial charge on any atom is 0.355 e. The Bertz CT molecular complexity index is 417. The van der Waals surface area contributed by atoms with Crippen molar-refractivity contribution in [3.63, 3.8) is 0 Å². The fourth-order valence-corrected chi connectivity index (χ4v) is 1.36. The van der Waals surface area contributed by atoms with Gasteiger partial charge in [-0.3, -0.25) is 4.79 Å². The van der Waals surface area contributed by atoms with Crippen LogP contribution in [0.1, 0.15) is 13.8 Å². The van der Waals surface area contributed by atoms with Gasteiger partial charge < -0.3 is 9.47 Å². The van der Waals surface area contributed by atoms with E-state index in [4.69, 9.17) is 21.1 Å². The summed E-state index contributed by atoms with van der Waals surface area (Å²) < 4.78 is 10.0. The van der Waals surface area contributed by atoms with Gasteiger partial charge in [-0.05, 0) is 26.0 Å². The summed E-state index contributed by atoms with van der Waals surface area (Å²) >= 11 is 5.87. The Morgan fingerprint density at radius 1 is 1.35 bits per heavy atom. The Kier molecular flexibility index (Phi) is 4.97. The van der Waals surface area contributed by atoms with Crippen molar-refractivity contribution in [2.45, 2.75) is 20.0 Å². The molecule has 0 fully saturated rings. The Morgan fingerprint density at radius 2 is 2.00 bits per heavy atom. The summed E-state index contributed by atoms with van der Waals surface area (Å²) in [6.45, 7) is 3.11. The highest BCUT2D eigenvalue weighted by Gasteiger charge is 2.27. The first-order valence-corrected chi connectivity index (χ1v) is 5.52. The number of hydrogen-bond donors (Lipinski definition) is 0. The third-order valence-corrected chi connectivity index (χ3v) is 2.26. The lowest BCUT2D eigenvalue weighted by molar-refractivity contribution is -0.154. The van der Waals surface area contributed by atoms with E-state index in [1.807, 2.05) is 0 Å². The first-order valence-electron chi connectivity index (χ1n) is 5.14. The van der Waals surface area contributed by atoms with Crippen molar-refractivity contribution in [2.75, 3.05) is 6.61 Å². The first-order chi connectivity index (χ1) is 8.06. The second-order valence-corrected chi connectivity index (χ2v) is 3.70. The van der Waals surface area contributed by atoms with E-state index in [-0.39, 0.29) is 12.4 Å². The van der Waals surface area contributed by atoms with Crippen molar-refractivity contribution in [3.05, 3.63) is 29.3 Å². The second kappa shape index (κ2) is 6.25. The summed E-state index contributed by atoms with van der Waals surface area (Å²) in [7, 11) is 0. The zero-order valence-corrected chi connectivity index (χ0v) is 10.4. The molecule has 5 heteroatoms. The number of ketones is 1. The van der Waals surface area contributed by atoms with E-state index in [1.54, 1.807) is 31.2 Å². The van der Waals surface area contributed by atoms with Gasteiger partial charge >= 0.3 is 5.97 Å². The van der Waals surface area contributed by atoms with Crippen molar-refractivity contribution < 1.29 is 19.1 Å². The summed E-state index contributed by atoms with van der Waals surface area (Å²) in [5.41, 5.74) is 0.